The molecule has 4 heteroatoms. The second-order valence-electron chi connectivity index (χ2n) is 3.25. The summed E-state index contributed by atoms with van der Waals surface area (Å²) >= 11 is 0. The summed E-state index contributed by atoms with van der Waals surface area (Å²) < 4.78 is 7.38. The third kappa shape index (κ3) is 2.11. The van der Waals surface area contributed by atoms with Gasteiger partial charge in [-0.05, 0) is 12.1 Å². The van der Waals surface area contributed by atoms with Crippen LogP contribution in [0.1, 0.15) is 13.3 Å². The number of aromatic nitrogens is 3. The largest absolute Gasteiger partial charge is 0.462 e. The van der Waals surface area contributed by atoms with Crippen LogP contribution in [0.5, 0.6) is 5.75 Å². The highest BCUT2D eigenvalue weighted by atomic mass is 16.5. The van der Waals surface area contributed by atoms with E-state index in [1.54, 1.807) is 10.6 Å². The molecule has 2 heterocycles. The Hall–Kier alpha value is -2.10. The van der Waals surface area contributed by atoms with Gasteiger partial charge in [0, 0.05) is 18.7 Å². The smallest absolute Gasteiger partial charge is 0.158 e. The third-order valence-corrected chi connectivity index (χ3v) is 2.15. The molecule has 0 aliphatic carbocycles. The van der Waals surface area contributed by atoms with E-state index >= 15 is 0 Å². The number of nitrogens with zero attached hydrogens (tertiary/aromatic N) is 3. The average molecular weight is 215 g/mol. The number of pyridine rings is 1. The quantitative estimate of drug-likeness (QED) is 0.581. The molecule has 0 spiro atoms. The van der Waals surface area contributed by atoms with E-state index in [1.807, 2.05) is 31.3 Å². The van der Waals surface area contributed by atoms with E-state index < -0.39 is 0 Å². The van der Waals surface area contributed by atoms with Crippen LogP contribution in [-0.2, 0) is 0 Å². The standard InChI is InChI=1S/C12H13N3O/c1-3-5-10(4-2)16-11-6-7-15-12(8-11)13-9-14-15/h3,5-9H,1,4H2,2H3/b10-5+. The van der Waals surface area contributed by atoms with Crippen LogP contribution in [0.25, 0.3) is 5.65 Å². The summed E-state index contributed by atoms with van der Waals surface area (Å²) in [7, 11) is 0. The zero-order chi connectivity index (χ0) is 11.4. The maximum absolute atomic E-state index is 5.69. The van der Waals surface area contributed by atoms with Gasteiger partial charge in [0.1, 0.15) is 17.8 Å². The van der Waals surface area contributed by atoms with Crippen LogP contribution in [0.4, 0.5) is 0 Å². The topological polar surface area (TPSA) is 39.4 Å². The molecule has 0 fully saturated rings. The molecule has 0 amide bonds. The molecule has 0 saturated heterocycles. The zero-order valence-corrected chi connectivity index (χ0v) is 9.13. The maximum Gasteiger partial charge on any atom is 0.158 e. The van der Waals surface area contributed by atoms with Crippen molar-refractivity contribution in [1.29, 1.82) is 0 Å². The van der Waals surface area contributed by atoms with Crippen LogP contribution in [-0.4, -0.2) is 14.6 Å². The maximum atomic E-state index is 5.69. The van der Waals surface area contributed by atoms with Crippen molar-refractivity contribution in [1.82, 2.24) is 14.6 Å². The van der Waals surface area contributed by atoms with Crippen LogP contribution >= 0.6 is 0 Å². The Morgan fingerprint density at radius 2 is 2.50 bits per heavy atom. The molecule has 2 aromatic rings. The highest BCUT2D eigenvalue weighted by Crippen LogP contribution is 2.16. The summed E-state index contributed by atoms with van der Waals surface area (Å²) in [6.45, 7) is 5.68. The van der Waals surface area contributed by atoms with Gasteiger partial charge >= 0.3 is 0 Å². The van der Waals surface area contributed by atoms with Crippen molar-refractivity contribution in [3.63, 3.8) is 0 Å². The lowest BCUT2D eigenvalue weighted by atomic mass is 10.3. The van der Waals surface area contributed by atoms with Gasteiger partial charge in [0.05, 0.1) is 0 Å². The summed E-state index contributed by atoms with van der Waals surface area (Å²) in [4.78, 5) is 4.09. The molecule has 0 atom stereocenters. The molecular formula is C12H13N3O. The molecule has 0 unspecified atom stereocenters. The Bertz CT molecular complexity index is 528. The van der Waals surface area contributed by atoms with E-state index in [4.69, 9.17) is 4.74 Å². The summed E-state index contributed by atoms with van der Waals surface area (Å²) in [5.41, 5.74) is 0.770. The lowest BCUT2D eigenvalue weighted by Gasteiger charge is -2.07. The molecule has 4 nitrogen and oxygen atoms in total. The summed E-state index contributed by atoms with van der Waals surface area (Å²) in [6.07, 6.45) is 7.73. The molecule has 0 aromatic carbocycles. The first kappa shape index (κ1) is 10.4. The second-order valence-corrected chi connectivity index (χ2v) is 3.25. The summed E-state index contributed by atoms with van der Waals surface area (Å²) in [5.74, 6) is 1.63. The van der Waals surface area contributed by atoms with Gasteiger partial charge in [-0.3, -0.25) is 0 Å². The number of ether oxygens (including phenoxy) is 1. The van der Waals surface area contributed by atoms with Crippen molar-refractivity contribution in [3.05, 3.63) is 49.1 Å². The normalized spacial score (nSPS) is 11.7. The first-order chi connectivity index (χ1) is 7.83. The lowest BCUT2D eigenvalue weighted by Crippen LogP contribution is -1.95. The molecule has 16 heavy (non-hydrogen) atoms. The number of hydrogen-bond acceptors (Lipinski definition) is 3. The van der Waals surface area contributed by atoms with E-state index in [-0.39, 0.29) is 0 Å². The van der Waals surface area contributed by atoms with Crippen LogP contribution < -0.4 is 4.74 Å². The van der Waals surface area contributed by atoms with Gasteiger partial charge in [-0.1, -0.05) is 19.6 Å². The van der Waals surface area contributed by atoms with E-state index in [0.717, 1.165) is 23.6 Å². The third-order valence-electron chi connectivity index (χ3n) is 2.15. The first-order valence-electron chi connectivity index (χ1n) is 5.12. The van der Waals surface area contributed by atoms with Gasteiger partial charge in [-0.25, -0.2) is 9.50 Å². The zero-order valence-electron chi connectivity index (χ0n) is 9.13. The minimum atomic E-state index is 0.760. The molecule has 0 aliphatic heterocycles. The van der Waals surface area contributed by atoms with Crippen LogP contribution in [0.15, 0.2) is 49.1 Å². The van der Waals surface area contributed by atoms with Crippen LogP contribution in [0.3, 0.4) is 0 Å². The van der Waals surface area contributed by atoms with Gasteiger partial charge in [-0.2, -0.15) is 5.10 Å². The number of hydrogen-bond donors (Lipinski definition) is 0. The molecule has 82 valence electrons. The molecule has 0 radical (unpaired) electrons. The highest BCUT2D eigenvalue weighted by molar-refractivity contribution is 5.43. The van der Waals surface area contributed by atoms with Gasteiger partial charge in [0.2, 0.25) is 0 Å². The average Bonchev–Trinajstić information content (AvgIpc) is 2.75. The Morgan fingerprint density at radius 1 is 1.62 bits per heavy atom. The molecule has 0 bridgehead atoms. The summed E-state index contributed by atoms with van der Waals surface area (Å²) in [5, 5.41) is 4.01. The molecular weight excluding hydrogens is 202 g/mol. The fourth-order valence-electron chi connectivity index (χ4n) is 1.37. The van der Waals surface area contributed by atoms with Crippen molar-refractivity contribution in [2.24, 2.45) is 0 Å². The number of fused-ring (bicyclic) bond motifs is 1. The predicted octanol–water partition coefficient (Wildman–Crippen LogP) is 2.59. The molecule has 2 aromatic heterocycles. The molecule has 0 N–H and O–H groups in total. The molecule has 2 rings (SSSR count). The van der Waals surface area contributed by atoms with E-state index in [2.05, 4.69) is 16.7 Å². The molecule has 0 saturated carbocycles. The van der Waals surface area contributed by atoms with Gasteiger partial charge in [-0.15, -0.1) is 0 Å². The first-order valence-corrected chi connectivity index (χ1v) is 5.12. The Labute approximate surface area is 93.9 Å². The van der Waals surface area contributed by atoms with E-state index in [9.17, 15) is 0 Å². The minimum Gasteiger partial charge on any atom is -0.462 e. The van der Waals surface area contributed by atoms with Gasteiger partial charge < -0.3 is 4.74 Å². The van der Waals surface area contributed by atoms with Crippen molar-refractivity contribution in [2.45, 2.75) is 13.3 Å². The van der Waals surface area contributed by atoms with Crippen molar-refractivity contribution in [3.8, 4) is 5.75 Å². The lowest BCUT2D eigenvalue weighted by molar-refractivity contribution is 0.409. The van der Waals surface area contributed by atoms with Crippen molar-refractivity contribution < 1.29 is 4.74 Å². The monoisotopic (exact) mass is 215 g/mol. The minimum absolute atomic E-state index is 0.760. The fourth-order valence-corrected chi connectivity index (χ4v) is 1.37. The predicted molar refractivity (Wildman–Crippen MR) is 62.2 cm³/mol. The number of rotatable bonds is 4. The van der Waals surface area contributed by atoms with E-state index in [0.29, 0.717) is 0 Å². The highest BCUT2D eigenvalue weighted by Gasteiger charge is 2.01. The Morgan fingerprint density at radius 3 is 3.25 bits per heavy atom. The van der Waals surface area contributed by atoms with Crippen molar-refractivity contribution in [2.75, 3.05) is 0 Å². The van der Waals surface area contributed by atoms with Gasteiger partial charge in [0.25, 0.3) is 0 Å². The Balaban J connectivity index is 2.26. The summed E-state index contributed by atoms with van der Waals surface area (Å²) in [6, 6.07) is 3.70. The second kappa shape index (κ2) is 4.61. The van der Waals surface area contributed by atoms with E-state index in [1.165, 1.54) is 6.33 Å². The number of allylic oxidation sites excluding steroid dienone is 3. The SMILES string of the molecule is C=C/C=C(\CC)Oc1ccn2ncnc2c1. The van der Waals surface area contributed by atoms with Crippen molar-refractivity contribution >= 4 is 5.65 Å². The molecule has 0 aliphatic rings. The fraction of sp³-hybridized carbons (Fsp3) is 0.167. The van der Waals surface area contributed by atoms with Crippen LogP contribution in [0.2, 0.25) is 0 Å². The van der Waals surface area contributed by atoms with Gasteiger partial charge in [0.15, 0.2) is 5.65 Å². The van der Waals surface area contributed by atoms with Crippen LogP contribution in [0, 0.1) is 0 Å². The Kier molecular flexibility index (Phi) is 3.00.